The summed E-state index contributed by atoms with van der Waals surface area (Å²) in [5.74, 6) is 0. The van der Waals surface area contributed by atoms with Crippen LogP contribution in [0.15, 0.2) is 24.3 Å². The topological polar surface area (TPSA) is 0 Å². The summed E-state index contributed by atoms with van der Waals surface area (Å²) in [4.78, 5) is 0. The van der Waals surface area contributed by atoms with Crippen molar-refractivity contribution in [2.75, 3.05) is 0 Å². The minimum atomic E-state index is 1.15. The summed E-state index contributed by atoms with van der Waals surface area (Å²) in [5, 5.41) is 0. The molecule has 0 N–H and O–H groups in total. The highest BCUT2D eigenvalue weighted by Crippen LogP contribution is 2.11. The molecule has 0 aliphatic rings. The summed E-state index contributed by atoms with van der Waals surface area (Å²) in [7, 11) is 0. The van der Waals surface area contributed by atoms with E-state index < -0.39 is 0 Å². The second-order valence-corrected chi connectivity index (χ2v) is 3.19. The molecule has 70 valence electrons. The number of unbranched alkanes of at least 4 members (excludes halogenated alkanes) is 2. The highest BCUT2D eigenvalue weighted by molar-refractivity contribution is 5.00. The van der Waals surface area contributed by atoms with Crippen LogP contribution in [-0.2, 0) is 0 Å². The van der Waals surface area contributed by atoms with Gasteiger partial charge in [0.2, 0.25) is 0 Å². The number of rotatable bonds is 7. The average Bonchev–Trinajstić information content (AvgIpc) is 2.10. The predicted molar refractivity (Wildman–Crippen MR) is 57.3 cm³/mol. The van der Waals surface area contributed by atoms with Crippen molar-refractivity contribution >= 4 is 0 Å². The zero-order chi connectivity index (χ0) is 9.23. The van der Waals surface area contributed by atoms with Crippen molar-refractivity contribution in [3.63, 3.8) is 0 Å². The van der Waals surface area contributed by atoms with Crippen molar-refractivity contribution < 1.29 is 0 Å². The fourth-order valence-corrected chi connectivity index (χ4v) is 1.31. The summed E-state index contributed by atoms with van der Waals surface area (Å²) < 4.78 is 0. The first-order valence-corrected chi connectivity index (χ1v) is 5.13. The summed E-state index contributed by atoms with van der Waals surface area (Å²) in [5.41, 5.74) is 1.63. The fraction of sp³-hybridized carbons (Fsp3) is 0.667. The van der Waals surface area contributed by atoms with E-state index in [0.29, 0.717) is 0 Å². The summed E-state index contributed by atoms with van der Waals surface area (Å²) in [6, 6.07) is 0. The molecule has 0 nitrogen and oxygen atoms in total. The maximum absolute atomic E-state index is 3.71. The molecule has 0 bridgehead atoms. The minimum absolute atomic E-state index is 1.15. The van der Waals surface area contributed by atoms with Crippen molar-refractivity contribution in [1.29, 1.82) is 0 Å². The molecule has 0 radical (unpaired) electrons. The first kappa shape index (κ1) is 11.5. The SMILES string of the molecule is C=CCCC/C=C(\CC)CCC. The van der Waals surface area contributed by atoms with E-state index in [2.05, 4.69) is 26.5 Å². The molecule has 0 saturated heterocycles. The number of hydrogen-bond donors (Lipinski definition) is 0. The van der Waals surface area contributed by atoms with Crippen molar-refractivity contribution in [3.05, 3.63) is 24.3 Å². The van der Waals surface area contributed by atoms with Gasteiger partial charge in [0.1, 0.15) is 0 Å². The van der Waals surface area contributed by atoms with Crippen LogP contribution in [0.25, 0.3) is 0 Å². The van der Waals surface area contributed by atoms with Crippen LogP contribution in [0.3, 0.4) is 0 Å². The lowest BCUT2D eigenvalue weighted by Gasteiger charge is -2.01. The van der Waals surface area contributed by atoms with E-state index >= 15 is 0 Å². The standard InChI is InChI=1S/C12H22/c1-4-7-8-9-11-12(6-3)10-5-2/h4,11H,1,5-10H2,2-3H3/b12-11+. The van der Waals surface area contributed by atoms with Gasteiger partial charge in [0.15, 0.2) is 0 Å². The maximum atomic E-state index is 3.71. The van der Waals surface area contributed by atoms with E-state index in [1.54, 1.807) is 5.57 Å². The van der Waals surface area contributed by atoms with Gasteiger partial charge in [-0.05, 0) is 32.1 Å². The highest BCUT2D eigenvalue weighted by Gasteiger charge is 1.91. The Hall–Kier alpha value is -0.520. The van der Waals surface area contributed by atoms with E-state index in [1.807, 2.05) is 6.08 Å². The molecule has 0 aliphatic heterocycles. The fourth-order valence-electron chi connectivity index (χ4n) is 1.31. The average molecular weight is 166 g/mol. The summed E-state index contributed by atoms with van der Waals surface area (Å²) >= 11 is 0. The Morgan fingerprint density at radius 2 is 2.00 bits per heavy atom. The zero-order valence-electron chi connectivity index (χ0n) is 8.60. The van der Waals surface area contributed by atoms with Crippen LogP contribution < -0.4 is 0 Å². The molecule has 0 atom stereocenters. The quantitative estimate of drug-likeness (QED) is 0.386. The molecule has 0 aromatic rings. The Kier molecular flexibility index (Phi) is 8.20. The van der Waals surface area contributed by atoms with Gasteiger partial charge in [0, 0.05) is 0 Å². The van der Waals surface area contributed by atoms with Gasteiger partial charge in [-0.3, -0.25) is 0 Å². The molecule has 0 unspecified atom stereocenters. The molecular formula is C12H22. The van der Waals surface area contributed by atoms with E-state index in [4.69, 9.17) is 0 Å². The normalized spacial score (nSPS) is 11.7. The van der Waals surface area contributed by atoms with E-state index in [1.165, 1.54) is 32.1 Å². The summed E-state index contributed by atoms with van der Waals surface area (Å²) in [6.45, 7) is 8.20. The smallest absolute Gasteiger partial charge is 0.0323 e. The lowest BCUT2D eigenvalue weighted by atomic mass is 10.1. The minimum Gasteiger partial charge on any atom is -0.103 e. The molecule has 0 fully saturated rings. The maximum Gasteiger partial charge on any atom is -0.0323 e. The second-order valence-electron chi connectivity index (χ2n) is 3.19. The molecule has 0 saturated carbocycles. The van der Waals surface area contributed by atoms with Crippen LogP contribution in [-0.4, -0.2) is 0 Å². The third kappa shape index (κ3) is 6.21. The van der Waals surface area contributed by atoms with Crippen molar-refractivity contribution in [2.45, 2.75) is 52.4 Å². The monoisotopic (exact) mass is 166 g/mol. The van der Waals surface area contributed by atoms with Crippen LogP contribution >= 0.6 is 0 Å². The van der Waals surface area contributed by atoms with Crippen LogP contribution in [0.5, 0.6) is 0 Å². The second kappa shape index (κ2) is 8.58. The zero-order valence-corrected chi connectivity index (χ0v) is 8.60. The molecular weight excluding hydrogens is 144 g/mol. The first-order valence-electron chi connectivity index (χ1n) is 5.13. The Morgan fingerprint density at radius 3 is 2.50 bits per heavy atom. The molecule has 0 heteroatoms. The number of hydrogen-bond acceptors (Lipinski definition) is 0. The number of allylic oxidation sites excluding steroid dienone is 3. The molecule has 0 aromatic carbocycles. The van der Waals surface area contributed by atoms with Crippen LogP contribution in [0.1, 0.15) is 52.4 Å². The first-order chi connectivity index (χ1) is 5.85. The van der Waals surface area contributed by atoms with Gasteiger partial charge in [-0.1, -0.05) is 38.0 Å². The van der Waals surface area contributed by atoms with Gasteiger partial charge in [-0.25, -0.2) is 0 Å². The molecule has 0 amide bonds. The summed E-state index contributed by atoms with van der Waals surface area (Å²) in [6.07, 6.45) is 11.8. The van der Waals surface area contributed by atoms with E-state index in [9.17, 15) is 0 Å². The third-order valence-corrected chi connectivity index (χ3v) is 2.07. The predicted octanol–water partition coefficient (Wildman–Crippen LogP) is 4.48. The van der Waals surface area contributed by atoms with Crippen LogP contribution in [0.4, 0.5) is 0 Å². The van der Waals surface area contributed by atoms with E-state index in [-0.39, 0.29) is 0 Å². The lowest BCUT2D eigenvalue weighted by molar-refractivity contribution is 0.816. The molecule has 0 aromatic heterocycles. The van der Waals surface area contributed by atoms with Gasteiger partial charge >= 0.3 is 0 Å². The van der Waals surface area contributed by atoms with Crippen molar-refractivity contribution in [2.24, 2.45) is 0 Å². The van der Waals surface area contributed by atoms with Crippen molar-refractivity contribution in [1.82, 2.24) is 0 Å². The molecule has 0 rings (SSSR count). The molecule has 0 heterocycles. The van der Waals surface area contributed by atoms with E-state index in [0.717, 1.165) is 6.42 Å². The van der Waals surface area contributed by atoms with Gasteiger partial charge in [-0.2, -0.15) is 0 Å². The molecule has 0 aliphatic carbocycles. The highest BCUT2D eigenvalue weighted by atomic mass is 14.0. The Bertz CT molecular complexity index is 131. The largest absolute Gasteiger partial charge is 0.103 e. The van der Waals surface area contributed by atoms with Crippen LogP contribution in [0, 0.1) is 0 Å². The van der Waals surface area contributed by atoms with Gasteiger partial charge in [-0.15, -0.1) is 6.58 Å². The lowest BCUT2D eigenvalue weighted by Crippen LogP contribution is -1.80. The Balaban J connectivity index is 3.54. The Morgan fingerprint density at radius 1 is 1.25 bits per heavy atom. The molecule has 12 heavy (non-hydrogen) atoms. The van der Waals surface area contributed by atoms with Crippen LogP contribution in [0.2, 0.25) is 0 Å². The van der Waals surface area contributed by atoms with Gasteiger partial charge < -0.3 is 0 Å². The van der Waals surface area contributed by atoms with Crippen molar-refractivity contribution in [3.8, 4) is 0 Å². The van der Waals surface area contributed by atoms with Gasteiger partial charge in [0.25, 0.3) is 0 Å². The Labute approximate surface area is 77.4 Å². The molecule has 0 spiro atoms. The van der Waals surface area contributed by atoms with Gasteiger partial charge in [0.05, 0.1) is 0 Å². The third-order valence-electron chi connectivity index (χ3n) is 2.07.